The Bertz CT molecular complexity index is 456. The first-order valence-corrected chi connectivity index (χ1v) is 10.4. The van der Waals surface area contributed by atoms with Crippen molar-refractivity contribution in [1.29, 1.82) is 0 Å². The molecule has 27 heavy (non-hydrogen) atoms. The summed E-state index contributed by atoms with van der Waals surface area (Å²) < 4.78 is 0. The van der Waals surface area contributed by atoms with Gasteiger partial charge in [-0.2, -0.15) is 0 Å². The minimum Gasteiger partial charge on any atom is -0.396 e. The highest BCUT2D eigenvalue weighted by atomic mass is 16.2. The molecule has 0 spiro atoms. The Kier molecular flexibility index (Phi) is 24.7. The van der Waals surface area contributed by atoms with Crippen LogP contribution >= 0.6 is 0 Å². The lowest BCUT2D eigenvalue weighted by Crippen LogP contribution is -1.92. The zero-order valence-electron chi connectivity index (χ0n) is 17.7. The average molecular weight is 377 g/mol. The fraction of sp³-hybridized carbons (Fsp3) is 0.583. The second-order valence-corrected chi connectivity index (χ2v) is 6.40. The molecule has 3 heteroatoms. The van der Waals surface area contributed by atoms with E-state index in [-0.39, 0.29) is 18.2 Å². The molecule has 0 aliphatic heterocycles. The molecule has 1 N–H and O–H groups in total. The highest BCUT2D eigenvalue weighted by Crippen LogP contribution is 2.04. The number of carbonyl (C=O) groups is 2. The van der Waals surface area contributed by atoms with Gasteiger partial charge in [-0.15, -0.1) is 0 Å². The van der Waals surface area contributed by atoms with E-state index in [0.29, 0.717) is 12.8 Å². The molecular weight excluding hydrogens is 336 g/mol. The van der Waals surface area contributed by atoms with Crippen molar-refractivity contribution in [2.75, 3.05) is 6.61 Å². The van der Waals surface area contributed by atoms with Gasteiger partial charge in [0.15, 0.2) is 11.6 Å². The molecule has 0 amide bonds. The maximum absolute atomic E-state index is 11.2. The van der Waals surface area contributed by atoms with Gasteiger partial charge in [0.1, 0.15) is 0 Å². The summed E-state index contributed by atoms with van der Waals surface area (Å²) in [5.41, 5.74) is 0. The Balaban J connectivity index is 0. The summed E-state index contributed by atoms with van der Waals surface area (Å²) in [5, 5.41) is 8.53. The van der Waals surface area contributed by atoms with E-state index in [1.54, 1.807) is 18.2 Å². The molecule has 0 unspecified atom stereocenters. The van der Waals surface area contributed by atoms with Crippen LogP contribution < -0.4 is 0 Å². The van der Waals surface area contributed by atoms with Crippen molar-refractivity contribution >= 4 is 11.6 Å². The fourth-order valence-electron chi connectivity index (χ4n) is 2.21. The van der Waals surface area contributed by atoms with Crippen molar-refractivity contribution in [3.8, 4) is 0 Å². The van der Waals surface area contributed by atoms with Crippen LogP contribution in [0.2, 0.25) is 0 Å². The fourth-order valence-corrected chi connectivity index (χ4v) is 2.21. The maximum Gasteiger partial charge on any atom is 0.155 e. The number of aliphatic hydroxyl groups is 1. The third-order valence-electron chi connectivity index (χ3n) is 3.78. The molecule has 0 rings (SSSR count). The van der Waals surface area contributed by atoms with Crippen LogP contribution in [-0.4, -0.2) is 23.3 Å². The first-order chi connectivity index (χ1) is 13.1. The molecule has 0 radical (unpaired) electrons. The van der Waals surface area contributed by atoms with E-state index in [2.05, 4.69) is 6.92 Å². The first kappa shape index (κ1) is 27.5. The van der Waals surface area contributed by atoms with Crippen LogP contribution in [0.15, 0.2) is 48.6 Å². The van der Waals surface area contributed by atoms with Crippen molar-refractivity contribution in [3.63, 3.8) is 0 Å². The van der Waals surface area contributed by atoms with Crippen molar-refractivity contribution in [1.82, 2.24) is 0 Å². The van der Waals surface area contributed by atoms with Crippen LogP contribution in [0.25, 0.3) is 0 Å². The summed E-state index contributed by atoms with van der Waals surface area (Å²) in [6, 6.07) is 0. The largest absolute Gasteiger partial charge is 0.396 e. The predicted octanol–water partition coefficient (Wildman–Crippen LogP) is 6.29. The van der Waals surface area contributed by atoms with Gasteiger partial charge in [-0.3, -0.25) is 9.59 Å². The highest BCUT2D eigenvalue weighted by molar-refractivity contribution is 5.90. The number of carbonyl (C=O) groups excluding carboxylic acids is 2. The smallest absolute Gasteiger partial charge is 0.155 e. The Hall–Kier alpha value is -1.74. The van der Waals surface area contributed by atoms with Crippen LogP contribution in [0.5, 0.6) is 0 Å². The number of hydrogen-bond acceptors (Lipinski definition) is 3. The molecule has 0 atom stereocenters. The van der Waals surface area contributed by atoms with Gasteiger partial charge < -0.3 is 5.11 Å². The predicted molar refractivity (Wildman–Crippen MR) is 117 cm³/mol. The summed E-state index contributed by atoms with van der Waals surface area (Å²) in [4.78, 5) is 22.3. The zero-order valence-corrected chi connectivity index (χ0v) is 17.7. The summed E-state index contributed by atoms with van der Waals surface area (Å²) in [6.45, 7) is 6.29. The Labute approximate surface area is 166 Å². The summed E-state index contributed by atoms with van der Waals surface area (Å²) in [7, 11) is 0. The number of allylic oxidation sites excluding steroid dienone is 8. The third-order valence-corrected chi connectivity index (χ3v) is 3.78. The maximum atomic E-state index is 11.2. The van der Waals surface area contributed by atoms with Gasteiger partial charge in [0.05, 0.1) is 0 Å². The molecule has 0 saturated heterocycles. The second-order valence-electron chi connectivity index (χ2n) is 6.40. The van der Waals surface area contributed by atoms with Crippen LogP contribution in [-0.2, 0) is 9.59 Å². The lowest BCUT2D eigenvalue weighted by atomic mass is 10.1. The molecule has 0 aliphatic rings. The van der Waals surface area contributed by atoms with E-state index in [0.717, 1.165) is 32.1 Å². The summed E-state index contributed by atoms with van der Waals surface area (Å²) in [6.07, 6.45) is 24.2. The van der Waals surface area contributed by atoms with Crippen molar-refractivity contribution < 1.29 is 14.7 Å². The molecule has 0 bridgehead atoms. The Morgan fingerprint density at radius 3 is 1.52 bits per heavy atom. The van der Waals surface area contributed by atoms with Gasteiger partial charge in [-0.25, -0.2) is 0 Å². The highest BCUT2D eigenvalue weighted by Gasteiger charge is 1.96. The molecule has 0 aliphatic carbocycles. The van der Waals surface area contributed by atoms with Crippen LogP contribution in [0, 0.1) is 0 Å². The minimum absolute atomic E-state index is 0.187. The molecule has 154 valence electrons. The van der Waals surface area contributed by atoms with Gasteiger partial charge in [0.2, 0.25) is 0 Å². The second kappa shape index (κ2) is 24.3. The SMILES string of the molecule is C/C=C/C=C/C(=O)CCCCCCO.CC=CC=CC(=O)CCCCCC. The molecule has 0 aromatic carbocycles. The van der Waals surface area contributed by atoms with Gasteiger partial charge in [-0.1, -0.05) is 75.5 Å². The number of rotatable bonds is 15. The lowest BCUT2D eigenvalue weighted by molar-refractivity contribution is -0.115. The molecule has 3 nitrogen and oxygen atoms in total. The summed E-state index contributed by atoms with van der Waals surface area (Å²) >= 11 is 0. The van der Waals surface area contributed by atoms with Gasteiger partial charge in [0, 0.05) is 19.4 Å². The molecule has 0 aromatic rings. The van der Waals surface area contributed by atoms with E-state index in [4.69, 9.17) is 5.11 Å². The first-order valence-electron chi connectivity index (χ1n) is 10.4. The normalized spacial score (nSPS) is 11.6. The van der Waals surface area contributed by atoms with Crippen molar-refractivity contribution in [2.24, 2.45) is 0 Å². The molecule has 0 fully saturated rings. The van der Waals surface area contributed by atoms with Gasteiger partial charge >= 0.3 is 0 Å². The van der Waals surface area contributed by atoms with E-state index >= 15 is 0 Å². The van der Waals surface area contributed by atoms with E-state index in [1.807, 2.05) is 44.2 Å². The average Bonchev–Trinajstić information content (AvgIpc) is 2.66. The van der Waals surface area contributed by atoms with E-state index in [9.17, 15) is 9.59 Å². The van der Waals surface area contributed by atoms with E-state index < -0.39 is 0 Å². The lowest BCUT2D eigenvalue weighted by Gasteiger charge is -1.96. The summed E-state index contributed by atoms with van der Waals surface area (Å²) in [5.74, 6) is 0.432. The molecule has 0 saturated carbocycles. The van der Waals surface area contributed by atoms with Gasteiger partial charge in [0.25, 0.3) is 0 Å². The molecule has 0 aromatic heterocycles. The molecular formula is C24H40O3. The minimum atomic E-state index is 0.187. The number of ketones is 2. The van der Waals surface area contributed by atoms with Crippen molar-refractivity contribution in [3.05, 3.63) is 48.6 Å². The van der Waals surface area contributed by atoms with Crippen LogP contribution in [0.1, 0.15) is 85.0 Å². The van der Waals surface area contributed by atoms with Crippen molar-refractivity contribution in [2.45, 2.75) is 85.0 Å². The topological polar surface area (TPSA) is 54.4 Å². The van der Waals surface area contributed by atoms with Crippen LogP contribution in [0.4, 0.5) is 0 Å². The Morgan fingerprint density at radius 2 is 1.11 bits per heavy atom. The number of aliphatic hydroxyl groups excluding tert-OH is 1. The monoisotopic (exact) mass is 376 g/mol. The number of hydrogen-bond donors (Lipinski definition) is 1. The standard InChI is InChI=1S/C12H20O2.C12H20O/c1-2-3-6-9-12(14)10-7-4-5-8-11-13;1-3-5-7-9-11-12(13)10-8-6-4-2/h2-3,6,9,13H,4-5,7-8,10-11H2,1H3;4,6,8,10H,3,5,7,9,11H2,1-2H3/b3-2+,9-6+;. The van der Waals surface area contributed by atoms with E-state index in [1.165, 1.54) is 19.3 Å². The van der Waals surface area contributed by atoms with Gasteiger partial charge in [-0.05, 0) is 45.3 Å². The van der Waals surface area contributed by atoms with Crippen LogP contribution in [0.3, 0.4) is 0 Å². The molecule has 0 heterocycles. The zero-order chi connectivity index (χ0) is 20.6. The Morgan fingerprint density at radius 1 is 0.667 bits per heavy atom. The third kappa shape index (κ3) is 26.6. The number of unbranched alkanes of at least 4 members (excludes halogenated alkanes) is 6. The quantitative estimate of drug-likeness (QED) is 0.208.